The Morgan fingerprint density at radius 2 is 1.52 bits per heavy atom. The second-order valence-corrected chi connectivity index (χ2v) is 7.06. The van der Waals surface area contributed by atoms with Crippen LogP contribution in [0.1, 0.15) is 41.5 Å². The van der Waals surface area contributed by atoms with Gasteiger partial charge in [-0.15, -0.1) is 0 Å². The van der Waals surface area contributed by atoms with Gasteiger partial charge in [-0.05, 0) is 56.0 Å². The molecule has 1 amide bonds. The molecule has 3 heteroatoms. The molecule has 0 radical (unpaired) electrons. The van der Waals surface area contributed by atoms with E-state index in [1.165, 1.54) is 42.6 Å². The van der Waals surface area contributed by atoms with Crippen molar-refractivity contribution in [1.82, 2.24) is 10.2 Å². The number of nitrogens with one attached hydrogen (secondary N) is 1. The fourth-order valence-corrected chi connectivity index (χ4v) is 3.26. The van der Waals surface area contributed by atoms with Crippen LogP contribution in [0.25, 0.3) is 0 Å². The molecule has 2 aromatic carbocycles. The molecule has 0 saturated carbocycles. The molecule has 3 nitrogen and oxygen atoms in total. The van der Waals surface area contributed by atoms with Gasteiger partial charge in [-0.3, -0.25) is 9.69 Å². The van der Waals surface area contributed by atoms with Crippen molar-refractivity contribution in [3.63, 3.8) is 0 Å². The molecule has 0 aromatic heterocycles. The van der Waals surface area contributed by atoms with Crippen molar-refractivity contribution in [1.29, 1.82) is 0 Å². The summed E-state index contributed by atoms with van der Waals surface area (Å²) >= 11 is 0. The third kappa shape index (κ3) is 5.71. The van der Waals surface area contributed by atoms with E-state index in [9.17, 15) is 4.79 Å². The molecule has 0 bridgehead atoms. The van der Waals surface area contributed by atoms with Crippen LogP contribution in [-0.2, 0) is 24.3 Å². The summed E-state index contributed by atoms with van der Waals surface area (Å²) in [5.74, 6) is 0.113. The zero-order valence-corrected chi connectivity index (χ0v) is 15.1. The predicted octanol–water partition coefficient (Wildman–Crippen LogP) is 3.84. The van der Waals surface area contributed by atoms with Crippen molar-refractivity contribution >= 4 is 5.91 Å². The number of rotatable bonds is 7. The molecular formula is C22H28N2O. The highest BCUT2D eigenvalue weighted by atomic mass is 16.1. The summed E-state index contributed by atoms with van der Waals surface area (Å²) < 4.78 is 0. The lowest BCUT2D eigenvalue weighted by Gasteiger charge is -2.14. The van der Waals surface area contributed by atoms with E-state index in [-0.39, 0.29) is 5.91 Å². The van der Waals surface area contributed by atoms with E-state index in [1.54, 1.807) is 0 Å². The molecule has 25 heavy (non-hydrogen) atoms. The highest BCUT2D eigenvalue weighted by Gasteiger charge is 2.11. The zero-order chi connectivity index (χ0) is 17.5. The number of nitrogens with zero attached hydrogens (tertiary/aromatic N) is 1. The van der Waals surface area contributed by atoms with Gasteiger partial charge in [-0.2, -0.15) is 0 Å². The molecule has 1 aliphatic heterocycles. The molecule has 1 N–H and O–H groups in total. The fourth-order valence-electron chi connectivity index (χ4n) is 3.26. The molecule has 0 unspecified atom stereocenters. The van der Waals surface area contributed by atoms with E-state index in [0.29, 0.717) is 13.0 Å². The van der Waals surface area contributed by atoms with E-state index < -0.39 is 0 Å². The summed E-state index contributed by atoms with van der Waals surface area (Å²) in [7, 11) is 0. The van der Waals surface area contributed by atoms with Gasteiger partial charge in [0, 0.05) is 19.5 Å². The average molecular weight is 336 g/mol. The quantitative estimate of drug-likeness (QED) is 0.833. The van der Waals surface area contributed by atoms with Crippen molar-refractivity contribution in [2.45, 2.75) is 45.7 Å². The van der Waals surface area contributed by atoms with Crippen molar-refractivity contribution < 1.29 is 4.79 Å². The van der Waals surface area contributed by atoms with Crippen molar-refractivity contribution in [2.24, 2.45) is 0 Å². The Hall–Kier alpha value is -2.13. The van der Waals surface area contributed by atoms with Crippen LogP contribution in [0.5, 0.6) is 0 Å². The van der Waals surface area contributed by atoms with Gasteiger partial charge < -0.3 is 5.32 Å². The van der Waals surface area contributed by atoms with Crippen LogP contribution in [0, 0.1) is 6.92 Å². The molecule has 1 aliphatic rings. The SMILES string of the molecule is Cc1ccc(CCC(=O)NCc2ccc(CN3CCCC3)cc2)cc1. The van der Waals surface area contributed by atoms with Gasteiger partial charge in [-0.25, -0.2) is 0 Å². The van der Waals surface area contributed by atoms with E-state index >= 15 is 0 Å². The van der Waals surface area contributed by atoms with Crippen LogP contribution < -0.4 is 5.32 Å². The summed E-state index contributed by atoms with van der Waals surface area (Å²) in [6, 6.07) is 17.0. The number of likely N-dealkylation sites (tertiary alicyclic amines) is 1. The second kappa shape index (κ2) is 8.82. The Kier molecular flexibility index (Phi) is 6.24. The Morgan fingerprint density at radius 1 is 0.920 bits per heavy atom. The highest BCUT2D eigenvalue weighted by molar-refractivity contribution is 5.76. The maximum Gasteiger partial charge on any atom is 0.220 e. The second-order valence-electron chi connectivity index (χ2n) is 7.06. The standard InChI is InChI=1S/C22H28N2O/c1-18-4-6-19(7-5-18)12-13-22(25)23-16-20-8-10-21(11-9-20)17-24-14-2-3-15-24/h4-11H,2-3,12-17H2,1H3,(H,23,25). The molecule has 3 rings (SSSR count). The molecule has 0 spiro atoms. The third-order valence-electron chi connectivity index (χ3n) is 4.88. The largest absolute Gasteiger partial charge is 0.352 e. The van der Waals surface area contributed by atoms with Crippen molar-refractivity contribution in [2.75, 3.05) is 13.1 Å². The Bertz CT molecular complexity index is 670. The topological polar surface area (TPSA) is 32.3 Å². The number of amides is 1. The minimum atomic E-state index is 0.113. The van der Waals surface area contributed by atoms with Crippen LogP contribution in [0.4, 0.5) is 0 Å². The maximum atomic E-state index is 12.0. The van der Waals surface area contributed by atoms with Gasteiger partial charge in [0.05, 0.1) is 0 Å². The molecule has 1 fully saturated rings. The first-order valence-corrected chi connectivity index (χ1v) is 9.31. The fraction of sp³-hybridized carbons (Fsp3) is 0.409. The summed E-state index contributed by atoms with van der Waals surface area (Å²) in [6.45, 7) is 6.17. The normalized spacial score (nSPS) is 14.6. The van der Waals surface area contributed by atoms with Crippen LogP contribution in [-0.4, -0.2) is 23.9 Å². The zero-order valence-electron chi connectivity index (χ0n) is 15.1. The molecule has 1 heterocycles. The van der Waals surface area contributed by atoms with Crippen molar-refractivity contribution in [3.8, 4) is 0 Å². The molecule has 2 aromatic rings. The van der Waals surface area contributed by atoms with Gasteiger partial charge in [0.15, 0.2) is 0 Å². The number of carbonyl (C=O) groups is 1. The van der Waals surface area contributed by atoms with Gasteiger partial charge >= 0.3 is 0 Å². The number of hydrogen-bond acceptors (Lipinski definition) is 2. The highest BCUT2D eigenvalue weighted by Crippen LogP contribution is 2.13. The molecule has 1 saturated heterocycles. The Balaban J connectivity index is 1.39. The summed E-state index contributed by atoms with van der Waals surface area (Å²) in [5, 5.41) is 3.02. The number of aryl methyl sites for hydroxylation is 2. The van der Waals surface area contributed by atoms with Gasteiger partial charge in [-0.1, -0.05) is 54.1 Å². The molecule has 0 atom stereocenters. The first-order valence-electron chi connectivity index (χ1n) is 9.31. The lowest BCUT2D eigenvalue weighted by atomic mass is 10.1. The average Bonchev–Trinajstić information content (AvgIpc) is 3.14. The van der Waals surface area contributed by atoms with Crippen LogP contribution in [0.15, 0.2) is 48.5 Å². The molecular weight excluding hydrogens is 308 g/mol. The number of benzene rings is 2. The summed E-state index contributed by atoms with van der Waals surface area (Å²) in [6.07, 6.45) is 3.98. The van der Waals surface area contributed by atoms with Crippen LogP contribution >= 0.6 is 0 Å². The lowest BCUT2D eigenvalue weighted by Crippen LogP contribution is -2.23. The predicted molar refractivity (Wildman–Crippen MR) is 102 cm³/mol. The van der Waals surface area contributed by atoms with Crippen molar-refractivity contribution in [3.05, 3.63) is 70.8 Å². The van der Waals surface area contributed by atoms with E-state index in [1.807, 2.05) is 0 Å². The smallest absolute Gasteiger partial charge is 0.220 e. The van der Waals surface area contributed by atoms with Gasteiger partial charge in [0.1, 0.15) is 0 Å². The van der Waals surface area contributed by atoms with Crippen LogP contribution in [0.3, 0.4) is 0 Å². The first kappa shape index (κ1) is 17.7. The molecule has 0 aliphatic carbocycles. The lowest BCUT2D eigenvalue weighted by molar-refractivity contribution is -0.121. The van der Waals surface area contributed by atoms with E-state index in [0.717, 1.165) is 18.5 Å². The molecule has 132 valence electrons. The van der Waals surface area contributed by atoms with Gasteiger partial charge in [0.2, 0.25) is 5.91 Å². The van der Waals surface area contributed by atoms with Gasteiger partial charge in [0.25, 0.3) is 0 Å². The summed E-state index contributed by atoms with van der Waals surface area (Å²) in [4.78, 5) is 14.5. The first-order chi connectivity index (χ1) is 12.2. The minimum absolute atomic E-state index is 0.113. The summed E-state index contributed by atoms with van der Waals surface area (Å²) in [5.41, 5.74) is 4.98. The Morgan fingerprint density at radius 3 is 2.20 bits per heavy atom. The number of hydrogen-bond donors (Lipinski definition) is 1. The Labute approximate surface area is 151 Å². The van der Waals surface area contributed by atoms with Crippen LogP contribution in [0.2, 0.25) is 0 Å². The number of carbonyl (C=O) groups excluding carboxylic acids is 1. The minimum Gasteiger partial charge on any atom is -0.352 e. The van der Waals surface area contributed by atoms with E-state index in [2.05, 4.69) is 65.7 Å². The third-order valence-corrected chi connectivity index (χ3v) is 4.88. The van der Waals surface area contributed by atoms with E-state index in [4.69, 9.17) is 0 Å². The maximum absolute atomic E-state index is 12.0. The monoisotopic (exact) mass is 336 g/mol.